The lowest BCUT2D eigenvalue weighted by Crippen LogP contribution is -2.38. The number of carbonyl (C=O) groups is 1. The molecular formula is C24H31N3O3S. The number of hydrogen-bond acceptors (Lipinski definition) is 4. The molecule has 2 aromatic rings. The summed E-state index contributed by atoms with van der Waals surface area (Å²) in [5, 5.41) is 3.04. The van der Waals surface area contributed by atoms with Crippen molar-refractivity contribution in [3.8, 4) is 0 Å². The highest BCUT2D eigenvalue weighted by Gasteiger charge is 2.26. The fourth-order valence-electron chi connectivity index (χ4n) is 4.37. The maximum Gasteiger partial charge on any atom is 0.251 e. The minimum absolute atomic E-state index is 0.148. The number of benzene rings is 2. The van der Waals surface area contributed by atoms with Crippen LogP contribution < -0.4 is 14.5 Å². The normalized spacial score (nSPS) is 19.6. The Morgan fingerprint density at radius 3 is 2.32 bits per heavy atom. The molecule has 0 spiro atoms. The Kier molecular flexibility index (Phi) is 6.51. The monoisotopic (exact) mass is 441 g/mol. The van der Waals surface area contributed by atoms with Gasteiger partial charge in [0, 0.05) is 30.9 Å². The van der Waals surface area contributed by atoms with Crippen molar-refractivity contribution in [2.24, 2.45) is 0 Å². The molecule has 6 nitrogen and oxygen atoms in total. The van der Waals surface area contributed by atoms with E-state index in [1.54, 1.807) is 24.3 Å². The van der Waals surface area contributed by atoms with Crippen LogP contribution >= 0.6 is 0 Å². The number of anilines is 2. The quantitative estimate of drug-likeness (QED) is 0.759. The summed E-state index contributed by atoms with van der Waals surface area (Å²) >= 11 is 0. The number of sulfonamides is 1. The largest absolute Gasteiger partial charge is 0.372 e. The summed E-state index contributed by atoms with van der Waals surface area (Å²) < 4.78 is 26.2. The predicted molar refractivity (Wildman–Crippen MR) is 125 cm³/mol. The van der Waals surface area contributed by atoms with Gasteiger partial charge in [-0.15, -0.1) is 0 Å². The Hall–Kier alpha value is -2.54. The second-order valence-electron chi connectivity index (χ2n) is 8.48. The number of nitrogens with one attached hydrogen (secondary N) is 1. The number of nitrogens with zero attached hydrogens (tertiary/aromatic N) is 2. The molecule has 0 radical (unpaired) electrons. The summed E-state index contributed by atoms with van der Waals surface area (Å²) in [6.07, 6.45) is 5.31. The summed E-state index contributed by atoms with van der Waals surface area (Å²) in [5.41, 5.74) is 3.31. The predicted octanol–water partition coefficient (Wildman–Crippen LogP) is 4.10. The standard InChI is InChI=1S/C24H31N3O3S/c1-19(20-10-12-22(13-11-20)26-14-3-2-4-15-26)25-24(28)21-8-7-9-23(18-21)27-16-5-6-17-31(27,29)30/h7-13,18-19H,2-6,14-17H2,1H3,(H,25,28)/t19-/m1/s1. The van der Waals surface area contributed by atoms with Crippen LogP contribution in [-0.4, -0.2) is 39.7 Å². The highest BCUT2D eigenvalue weighted by atomic mass is 32.2. The molecule has 1 atom stereocenters. The summed E-state index contributed by atoms with van der Waals surface area (Å²) in [4.78, 5) is 15.3. The van der Waals surface area contributed by atoms with Gasteiger partial charge in [0.2, 0.25) is 10.0 Å². The first-order chi connectivity index (χ1) is 14.9. The molecule has 2 saturated heterocycles. The van der Waals surface area contributed by atoms with Crippen molar-refractivity contribution >= 4 is 27.3 Å². The smallest absolute Gasteiger partial charge is 0.251 e. The molecule has 0 saturated carbocycles. The molecule has 2 aliphatic rings. The number of carbonyl (C=O) groups excluding carboxylic acids is 1. The van der Waals surface area contributed by atoms with Crippen LogP contribution in [0.25, 0.3) is 0 Å². The first-order valence-corrected chi connectivity index (χ1v) is 12.8. The molecule has 166 valence electrons. The Balaban J connectivity index is 1.43. The molecule has 0 aromatic heterocycles. The van der Waals surface area contributed by atoms with Crippen molar-refractivity contribution in [2.45, 2.75) is 45.1 Å². The lowest BCUT2D eigenvalue weighted by Gasteiger charge is -2.29. The van der Waals surface area contributed by atoms with Gasteiger partial charge in [-0.25, -0.2) is 8.42 Å². The van der Waals surface area contributed by atoms with Crippen LogP contribution in [0.4, 0.5) is 11.4 Å². The zero-order chi connectivity index (χ0) is 21.8. The van der Waals surface area contributed by atoms with Gasteiger partial charge in [-0.3, -0.25) is 9.10 Å². The van der Waals surface area contributed by atoms with Crippen molar-refractivity contribution in [3.63, 3.8) is 0 Å². The molecule has 0 aliphatic carbocycles. The van der Waals surface area contributed by atoms with Crippen LogP contribution in [0.15, 0.2) is 48.5 Å². The van der Waals surface area contributed by atoms with Gasteiger partial charge in [-0.05, 0) is 74.9 Å². The molecule has 4 rings (SSSR count). The zero-order valence-electron chi connectivity index (χ0n) is 18.1. The lowest BCUT2D eigenvalue weighted by atomic mass is 10.1. The molecule has 2 heterocycles. The van der Waals surface area contributed by atoms with Crippen LogP contribution in [0.3, 0.4) is 0 Å². The summed E-state index contributed by atoms with van der Waals surface area (Å²) in [6, 6.07) is 15.2. The third-order valence-electron chi connectivity index (χ3n) is 6.21. The molecule has 0 unspecified atom stereocenters. The molecule has 1 N–H and O–H groups in total. The molecule has 1 amide bonds. The Morgan fingerprint density at radius 1 is 0.903 bits per heavy atom. The third kappa shape index (κ3) is 5.03. The second kappa shape index (κ2) is 9.30. The molecule has 2 aliphatic heterocycles. The molecule has 0 bridgehead atoms. The van der Waals surface area contributed by atoms with Gasteiger partial charge < -0.3 is 10.2 Å². The van der Waals surface area contributed by atoms with E-state index in [1.165, 1.54) is 29.3 Å². The van der Waals surface area contributed by atoms with Crippen molar-refractivity contribution in [2.75, 3.05) is 34.6 Å². The van der Waals surface area contributed by atoms with Gasteiger partial charge in [0.05, 0.1) is 17.5 Å². The van der Waals surface area contributed by atoms with Gasteiger partial charge in [0.25, 0.3) is 5.91 Å². The number of amides is 1. The summed E-state index contributed by atoms with van der Waals surface area (Å²) in [5.74, 6) is -0.0442. The second-order valence-corrected chi connectivity index (χ2v) is 10.5. The highest BCUT2D eigenvalue weighted by molar-refractivity contribution is 7.92. The number of piperidine rings is 1. The van der Waals surface area contributed by atoms with E-state index in [0.717, 1.165) is 25.1 Å². The van der Waals surface area contributed by atoms with E-state index in [-0.39, 0.29) is 17.7 Å². The molecule has 2 aromatic carbocycles. The fraction of sp³-hybridized carbons (Fsp3) is 0.458. The number of rotatable bonds is 5. The van der Waals surface area contributed by atoms with Crippen LogP contribution in [0, 0.1) is 0 Å². The lowest BCUT2D eigenvalue weighted by molar-refractivity contribution is 0.0940. The minimum Gasteiger partial charge on any atom is -0.372 e. The van der Waals surface area contributed by atoms with Crippen molar-refractivity contribution in [3.05, 3.63) is 59.7 Å². The topological polar surface area (TPSA) is 69.7 Å². The Morgan fingerprint density at radius 2 is 1.61 bits per heavy atom. The SMILES string of the molecule is C[C@@H](NC(=O)c1cccc(N2CCCCS2(=O)=O)c1)c1ccc(N2CCCCC2)cc1. The van der Waals surface area contributed by atoms with E-state index in [2.05, 4.69) is 34.5 Å². The molecular weight excluding hydrogens is 410 g/mol. The average Bonchev–Trinajstić information content (AvgIpc) is 2.79. The first-order valence-electron chi connectivity index (χ1n) is 11.2. The van der Waals surface area contributed by atoms with E-state index in [9.17, 15) is 13.2 Å². The van der Waals surface area contributed by atoms with Gasteiger partial charge in [0.1, 0.15) is 0 Å². The van der Waals surface area contributed by atoms with Crippen LogP contribution in [0.2, 0.25) is 0 Å². The van der Waals surface area contributed by atoms with Gasteiger partial charge >= 0.3 is 0 Å². The van der Waals surface area contributed by atoms with Crippen LogP contribution in [0.1, 0.15) is 61.0 Å². The Labute approximate surface area is 185 Å². The van der Waals surface area contributed by atoms with E-state index in [1.807, 2.05) is 6.92 Å². The minimum atomic E-state index is -3.30. The van der Waals surface area contributed by atoms with E-state index < -0.39 is 10.0 Å². The summed E-state index contributed by atoms with van der Waals surface area (Å²) in [6.45, 7) is 4.64. The molecule has 2 fully saturated rings. The maximum atomic E-state index is 12.9. The van der Waals surface area contributed by atoms with E-state index in [4.69, 9.17) is 0 Å². The van der Waals surface area contributed by atoms with Gasteiger partial charge in [-0.2, -0.15) is 0 Å². The van der Waals surface area contributed by atoms with Gasteiger partial charge in [0.15, 0.2) is 0 Å². The van der Waals surface area contributed by atoms with Crippen molar-refractivity contribution in [1.82, 2.24) is 5.32 Å². The van der Waals surface area contributed by atoms with E-state index >= 15 is 0 Å². The highest BCUT2D eigenvalue weighted by Crippen LogP contribution is 2.25. The summed E-state index contributed by atoms with van der Waals surface area (Å²) in [7, 11) is -3.30. The van der Waals surface area contributed by atoms with Crippen molar-refractivity contribution < 1.29 is 13.2 Å². The van der Waals surface area contributed by atoms with E-state index in [0.29, 0.717) is 24.2 Å². The van der Waals surface area contributed by atoms with Crippen LogP contribution in [0.5, 0.6) is 0 Å². The Bertz CT molecular complexity index is 1010. The van der Waals surface area contributed by atoms with Gasteiger partial charge in [-0.1, -0.05) is 18.2 Å². The average molecular weight is 442 g/mol. The fourth-order valence-corrected chi connectivity index (χ4v) is 6.00. The number of hydrogen-bond donors (Lipinski definition) is 1. The van der Waals surface area contributed by atoms with Crippen molar-refractivity contribution in [1.29, 1.82) is 0 Å². The zero-order valence-corrected chi connectivity index (χ0v) is 18.9. The third-order valence-corrected chi connectivity index (χ3v) is 8.08. The molecule has 31 heavy (non-hydrogen) atoms. The molecule has 7 heteroatoms. The van der Waals surface area contributed by atoms with Crippen LogP contribution in [-0.2, 0) is 10.0 Å². The maximum absolute atomic E-state index is 12.9. The first kappa shape index (κ1) is 21.7.